The summed E-state index contributed by atoms with van der Waals surface area (Å²) in [5.74, 6) is -0.169. The van der Waals surface area contributed by atoms with Crippen molar-refractivity contribution >= 4 is 17.5 Å². The van der Waals surface area contributed by atoms with Crippen molar-refractivity contribution in [1.82, 2.24) is 10.3 Å². The number of aryl methyl sites for hydroxylation is 2. The summed E-state index contributed by atoms with van der Waals surface area (Å²) in [7, 11) is 0. The molecule has 1 aromatic heterocycles. The smallest absolute Gasteiger partial charge is 0.252 e. The Morgan fingerprint density at radius 1 is 1.08 bits per heavy atom. The van der Waals surface area contributed by atoms with E-state index in [9.17, 15) is 4.79 Å². The minimum Gasteiger partial charge on any atom is -0.341 e. The first kappa shape index (κ1) is 17.2. The zero-order valence-corrected chi connectivity index (χ0v) is 14.9. The van der Waals surface area contributed by atoms with Crippen molar-refractivity contribution in [2.45, 2.75) is 19.9 Å². The van der Waals surface area contributed by atoms with Crippen LogP contribution in [-0.2, 0) is 0 Å². The van der Waals surface area contributed by atoms with E-state index >= 15 is 0 Å². The van der Waals surface area contributed by atoms with E-state index in [0.29, 0.717) is 10.6 Å². The maximum atomic E-state index is 12.8. The minimum absolute atomic E-state index is 0.169. The number of carbonyl (C=O) groups excluding carboxylic acids is 1. The average molecular weight is 351 g/mol. The van der Waals surface area contributed by atoms with Crippen molar-refractivity contribution < 1.29 is 4.79 Å². The first-order chi connectivity index (χ1) is 12.0. The second kappa shape index (κ2) is 7.49. The van der Waals surface area contributed by atoms with E-state index in [4.69, 9.17) is 11.6 Å². The number of pyridine rings is 1. The fourth-order valence-electron chi connectivity index (χ4n) is 2.80. The number of rotatable bonds is 4. The molecule has 1 N–H and O–H groups in total. The average Bonchev–Trinajstić information content (AvgIpc) is 2.62. The molecule has 0 saturated heterocycles. The van der Waals surface area contributed by atoms with Crippen molar-refractivity contribution in [2.24, 2.45) is 0 Å². The minimum atomic E-state index is -0.278. The van der Waals surface area contributed by atoms with Gasteiger partial charge in [-0.2, -0.15) is 0 Å². The molecule has 3 rings (SSSR count). The number of nitrogens with one attached hydrogen (secondary N) is 1. The van der Waals surface area contributed by atoms with E-state index in [1.807, 2.05) is 26.0 Å². The maximum Gasteiger partial charge on any atom is 0.252 e. The normalized spacial score (nSPS) is 11.8. The molecule has 0 fully saturated rings. The van der Waals surface area contributed by atoms with Crippen LogP contribution in [-0.4, -0.2) is 10.9 Å². The number of hydrogen-bond acceptors (Lipinski definition) is 2. The largest absolute Gasteiger partial charge is 0.341 e. The van der Waals surface area contributed by atoms with Gasteiger partial charge in [0.15, 0.2) is 0 Å². The summed E-state index contributed by atoms with van der Waals surface area (Å²) >= 11 is 6.02. The molecule has 0 bridgehead atoms. The molecule has 0 aliphatic carbocycles. The monoisotopic (exact) mass is 350 g/mol. The Kier molecular flexibility index (Phi) is 5.15. The maximum absolute atomic E-state index is 12.8. The fraction of sp³-hybridized carbons (Fsp3) is 0.143. The van der Waals surface area contributed by atoms with Gasteiger partial charge in [0.25, 0.3) is 5.91 Å². The van der Waals surface area contributed by atoms with Crippen LogP contribution in [0.25, 0.3) is 0 Å². The van der Waals surface area contributed by atoms with Gasteiger partial charge in [-0.3, -0.25) is 9.78 Å². The number of benzene rings is 2. The van der Waals surface area contributed by atoms with Crippen molar-refractivity contribution in [3.05, 3.63) is 99.8 Å². The van der Waals surface area contributed by atoms with Gasteiger partial charge in [-0.15, -0.1) is 0 Å². The molecule has 0 aliphatic heterocycles. The summed E-state index contributed by atoms with van der Waals surface area (Å²) < 4.78 is 0. The Hall–Kier alpha value is -2.65. The summed E-state index contributed by atoms with van der Waals surface area (Å²) in [5, 5.41) is 3.66. The first-order valence-corrected chi connectivity index (χ1v) is 8.46. The van der Waals surface area contributed by atoms with Gasteiger partial charge in [-0.05, 0) is 54.8 Å². The van der Waals surface area contributed by atoms with Crippen LogP contribution in [0.15, 0.2) is 67.0 Å². The summed E-state index contributed by atoms with van der Waals surface area (Å²) in [6.07, 6.45) is 3.51. The second-order valence-corrected chi connectivity index (χ2v) is 6.50. The van der Waals surface area contributed by atoms with Crippen molar-refractivity contribution in [3.63, 3.8) is 0 Å². The Labute approximate surface area is 152 Å². The van der Waals surface area contributed by atoms with Gasteiger partial charge >= 0.3 is 0 Å². The SMILES string of the molecule is Cc1ccc(C)c([C@H](NC(=O)c2cccc(Cl)c2)c2cccnc2)c1. The molecule has 1 atom stereocenters. The second-order valence-electron chi connectivity index (χ2n) is 6.06. The van der Waals surface area contributed by atoms with E-state index < -0.39 is 0 Å². The van der Waals surface area contributed by atoms with Crippen LogP contribution in [0, 0.1) is 13.8 Å². The number of halogens is 1. The zero-order valence-electron chi connectivity index (χ0n) is 14.2. The van der Waals surface area contributed by atoms with Gasteiger partial charge in [0.05, 0.1) is 6.04 Å². The standard InChI is InChI=1S/C21H19ClN2O/c1-14-8-9-15(2)19(11-14)20(17-6-4-10-23-13-17)24-21(25)16-5-3-7-18(22)12-16/h3-13,20H,1-2H3,(H,24,25)/t20-/m1/s1. The number of carbonyl (C=O) groups is 1. The van der Waals surface area contributed by atoms with E-state index in [1.54, 1.807) is 36.7 Å². The van der Waals surface area contributed by atoms with E-state index in [-0.39, 0.29) is 11.9 Å². The van der Waals surface area contributed by atoms with Crippen LogP contribution in [0.1, 0.15) is 38.7 Å². The van der Waals surface area contributed by atoms with Crippen LogP contribution in [0.4, 0.5) is 0 Å². The number of aromatic nitrogens is 1. The Bertz CT molecular complexity index is 893. The van der Waals surface area contributed by atoms with Gasteiger partial charge in [-0.25, -0.2) is 0 Å². The highest BCUT2D eigenvalue weighted by atomic mass is 35.5. The van der Waals surface area contributed by atoms with Gasteiger partial charge in [0.1, 0.15) is 0 Å². The van der Waals surface area contributed by atoms with Crippen LogP contribution in [0.2, 0.25) is 5.02 Å². The molecule has 0 saturated carbocycles. The Morgan fingerprint density at radius 2 is 1.92 bits per heavy atom. The van der Waals surface area contributed by atoms with Crippen molar-refractivity contribution in [1.29, 1.82) is 0 Å². The highest BCUT2D eigenvalue weighted by Crippen LogP contribution is 2.26. The third-order valence-electron chi connectivity index (χ3n) is 4.13. The molecule has 0 radical (unpaired) electrons. The Morgan fingerprint density at radius 3 is 2.64 bits per heavy atom. The first-order valence-electron chi connectivity index (χ1n) is 8.08. The molecule has 0 unspecified atom stereocenters. The van der Waals surface area contributed by atoms with Crippen LogP contribution >= 0.6 is 11.6 Å². The molecular formula is C21H19ClN2O. The highest BCUT2D eigenvalue weighted by molar-refractivity contribution is 6.30. The topological polar surface area (TPSA) is 42.0 Å². The van der Waals surface area contributed by atoms with Gasteiger partial charge in [0, 0.05) is 23.0 Å². The lowest BCUT2D eigenvalue weighted by Gasteiger charge is -2.22. The molecule has 3 nitrogen and oxygen atoms in total. The Balaban J connectivity index is 2.00. The van der Waals surface area contributed by atoms with Crippen molar-refractivity contribution in [2.75, 3.05) is 0 Å². The lowest BCUT2D eigenvalue weighted by molar-refractivity contribution is 0.0943. The zero-order chi connectivity index (χ0) is 17.8. The van der Waals surface area contributed by atoms with Crippen LogP contribution in [0.3, 0.4) is 0 Å². The van der Waals surface area contributed by atoms with Crippen LogP contribution in [0.5, 0.6) is 0 Å². The molecule has 1 heterocycles. The molecule has 0 aliphatic rings. The van der Waals surface area contributed by atoms with Crippen molar-refractivity contribution in [3.8, 4) is 0 Å². The van der Waals surface area contributed by atoms with E-state index in [2.05, 4.69) is 28.5 Å². The molecular weight excluding hydrogens is 332 g/mol. The molecule has 3 aromatic rings. The third kappa shape index (κ3) is 4.06. The quantitative estimate of drug-likeness (QED) is 0.729. The highest BCUT2D eigenvalue weighted by Gasteiger charge is 2.20. The van der Waals surface area contributed by atoms with Crippen LogP contribution < -0.4 is 5.32 Å². The van der Waals surface area contributed by atoms with E-state index in [1.165, 1.54) is 0 Å². The summed E-state index contributed by atoms with van der Waals surface area (Å²) in [6, 6.07) is 16.8. The molecule has 25 heavy (non-hydrogen) atoms. The summed E-state index contributed by atoms with van der Waals surface area (Å²) in [5.41, 5.74) is 4.79. The summed E-state index contributed by atoms with van der Waals surface area (Å²) in [6.45, 7) is 4.09. The lowest BCUT2D eigenvalue weighted by Crippen LogP contribution is -2.30. The molecule has 2 aromatic carbocycles. The van der Waals surface area contributed by atoms with E-state index in [0.717, 1.165) is 22.3 Å². The predicted molar refractivity (Wildman–Crippen MR) is 101 cm³/mol. The number of hydrogen-bond donors (Lipinski definition) is 1. The molecule has 4 heteroatoms. The van der Waals surface area contributed by atoms with Gasteiger partial charge in [0.2, 0.25) is 0 Å². The number of nitrogens with zero attached hydrogens (tertiary/aromatic N) is 1. The number of amides is 1. The summed E-state index contributed by atoms with van der Waals surface area (Å²) in [4.78, 5) is 17.0. The molecule has 0 spiro atoms. The lowest BCUT2D eigenvalue weighted by atomic mass is 9.94. The predicted octanol–water partition coefficient (Wildman–Crippen LogP) is 4.87. The third-order valence-corrected chi connectivity index (χ3v) is 4.36. The van der Waals surface area contributed by atoms with Gasteiger partial charge < -0.3 is 5.32 Å². The fourth-order valence-corrected chi connectivity index (χ4v) is 2.99. The van der Waals surface area contributed by atoms with Gasteiger partial charge in [-0.1, -0.05) is 47.5 Å². The molecule has 126 valence electrons. The molecule has 1 amide bonds.